The third-order valence-corrected chi connectivity index (χ3v) is 2.63. The summed E-state index contributed by atoms with van der Waals surface area (Å²) in [7, 11) is 0. The van der Waals surface area contributed by atoms with Gasteiger partial charge in [-0.05, 0) is 29.6 Å². The molecule has 1 unspecified atom stereocenters. The molecule has 1 heteroatoms. The molecule has 11 heavy (non-hydrogen) atoms. The SMILES string of the molecule is CCC(C)C=CCCCCI. The highest BCUT2D eigenvalue weighted by Gasteiger charge is 1.89. The second-order valence-electron chi connectivity index (χ2n) is 3.00. The quantitative estimate of drug-likeness (QED) is 0.292. The van der Waals surface area contributed by atoms with Crippen LogP contribution in [0.4, 0.5) is 0 Å². The molecule has 1 atom stereocenters. The van der Waals surface area contributed by atoms with Crippen LogP contribution in [-0.4, -0.2) is 4.43 Å². The highest BCUT2D eigenvalue weighted by molar-refractivity contribution is 14.1. The molecular weight excluding hydrogens is 247 g/mol. The Balaban J connectivity index is 3.15. The molecule has 0 aromatic rings. The van der Waals surface area contributed by atoms with Gasteiger partial charge in [0.25, 0.3) is 0 Å². The van der Waals surface area contributed by atoms with E-state index in [4.69, 9.17) is 0 Å². The van der Waals surface area contributed by atoms with Crippen molar-refractivity contribution in [1.29, 1.82) is 0 Å². The van der Waals surface area contributed by atoms with Crippen LogP contribution in [0.2, 0.25) is 0 Å². The molecular formula is C10H19I. The van der Waals surface area contributed by atoms with Crippen molar-refractivity contribution in [1.82, 2.24) is 0 Å². The van der Waals surface area contributed by atoms with Crippen molar-refractivity contribution in [2.45, 2.75) is 39.5 Å². The summed E-state index contributed by atoms with van der Waals surface area (Å²) in [4.78, 5) is 0. The summed E-state index contributed by atoms with van der Waals surface area (Å²) < 4.78 is 1.30. The first-order valence-corrected chi connectivity index (χ1v) is 6.06. The molecule has 0 nitrogen and oxygen atoms in total. The summed E-state index contributed by atoms with van der Waals surface area (Å²) in [6.07, 6.45) is 9.94. The average molecular weight is 266 g/mol. The minimum Gasteiger partial charge on any atom is -0.0883 e. The zero-order valence-corrected chi connectivity index (χ0v) is 9.80. The van der Waals surface area contributed by atoms with Gasteiger partial charge in [-0.3, -0.25) is 0 Å². The number of halogens is 1. The third kappa shape index (κ3) is 8.38. The van der Waals surface area contributed by atoms with Crippen molar-refractivity contribution in [2.24, 2.45) is 5.92 Å². The molecule has 0 rings (SSSR count). The lowest BCUT2D eigenvalue weighted by molar-refractivity contribution is 0.692. The second-order valence-corrected chi connectivity index (χ2v) is 4.08. The minimum atomic E-state index is 0.773. The molecule has 0 amide bonds. The smallest absolute Gasteiger partial charge is 0.000462 e. The predicted molar refractivity (Wildman–Crippen MR) is 61.3 cm³/mol. The van der Waals surface area contributed by atoms with E-state index in [1.807, 2.05) is 0 Å². The van der Waals surface area contributed by atoms with Crippen LogP contribution in [0, 0.1) is 5.92 Å². The lowest BCUT2D eigenvalue weighted by Gasteiger charge is -1.98. The molecule has 0 spiro atoms. The maximum Gasteiger partial charge on any atom is -0.000462 e. The van der Waals surface area contributed by atoms with E-state index in [1.54, 1.807) is 0 Å². The molecule has 0 saturated heterocycles. The largest absolute Gasteiger partial charge is 0.0883 e. The summed E-state index contributed by atoms with van der Waals surface area (Å²) in [6, 6.07) is 0. The number of unbranched alkanes of at least 4 members (excludes halogenated alkanes) is 2. The predicted octanol–water partition coefficient (Wildman–Crippen LogP) is 4.19. The lowest BCUT2D eigenvalue weighted by atomic mass is 10.1. The van der Waals surface area contributed by atoms with Crippen molar-refractivity contribution in [3.05, 3.63) is 12.2 Å². The Kier molecular flexibility index (Phi) is 8.93. The molecule has 0 bridgehead atoms. The normalized spacial score (nSPS) is 14.1. The highest BCUT2D eigenvalue weighted by Crippen LogP contribution is 2.05. The van der Waals surface area contributed by atoms with Crippen LogP contribution in [0.3, 0.4) is 0 Å². The van der Waals surface area contributed by atoms with Crippen molar-refractivity contribution >= 4 is 22.6 Å². The topological polar surface area (TPSA) is 0 Å². The standard InChI is InChI=1S/C10H19I/c1-3-10(2)8-6-4-5-7-9-11/h6,8,10H,3-5,7,9H2,1-2H3. The van der Waals surface area contributed by atoms with Gasteiger partial charge in [-0.2, -0.15) is 0 Å². The summed E-state index contributed by atoms with van der Waals surface area (Å²) >= 11 is 2.44. The molecule has 0 N–H and O–H groups in total. The van der Waals surface area contributed by atoms with Gasteiger partial charge in [0.15, 0.2) is 0 Å². The van der Waals surface area contributed by atoms with Crippen LogP contribution in [0.15, 0.2) is 12.2 Å². The van der Waals surface area contributed by atoms with E-state index in [0.717, 1.165) is 5.92 Å². The van der Waals surface area contributed by atoms with Crippen LogP contribution >= 0.6 is 22.6 Å². The first-order valence-electron chi connectivity index (χ1n) is 4.53. The summed E-state index contributed by atoms with van der Waals surface area (Å²) in [5.41, 5.74) is 0. The first-order chi connectivity index (χ1) is 5.31. The van der Waals surface area contributed by atoms with Crippen LogP contribution in [0.5, 0.6) is 0 Å². The van der Waals surface area contributed by atoms with Crippen molar-refractivity contribution < 1.29 is 0 Å². The van der Waals surface area contributed by atoms with E-state index < -0.39 is 0 Å². The van der Waals surface area contributed by atoms with Gasteiger partial charge in [0, 0.05) is 0 Å². The fourth-order valence-electron chi connectivity index (χ4n) is 0.821. The van der Waals surface area contributed by atoms with Crippen molar-refractivity contribution in [3.8, 4) is 0 Å². The van der Waals surface area contributed by atoms with Crippen LogP contribution in [0.25, 0.3) is 0 Å². The highest BCUT2D eigenvalue weighted by atomic mass is 127. The van der Waals surface area contributed by atoms with Gasteiger partial charge in [0.05, 0.1) is 0 Å². The Labute approximate surface area is 84.6 Å². The van der Waals surface area contributed by atoms with Gasteiger partial charge in [-0.15, -0.1) is 0 Å². The Bertz CT molecular complexity index is 97.0. The lowest BCUT2D eigenvalue weighted by Crippen LogP contribution is -1.84. The number of rotatable bonds is 6. The van der Waals surface area contributed by atoms with E-state index in [9.17, 15) is 0 Å². The number of alkyl halides is 1. The zero-order chi connectivity index (χ0) is 8.53. The van der Waals surface area contributed by atoms with Crippen LogP contribution < -0.4 is 0 Å². The Morgan fingerprint density at radius 1 is 1.36 bits per heavy atom. The molecule has 66 valence electrons. The molecule has 0 fully saturated rings. The third-order valence-electron chi connectivity index (χ3n) is 1.86. The first kappa shape index (κ1) is 11.5. The molecule has 0 aliphatic rings. The molecule has 0 radical (unpaired) electrons. The van der Waals surface area contributed by atoms with Gasteiger partial charge < -0.3 is 0 Å². The monoisotopic (exact) mass is 266 g/mol. The molecule has 0 aliphatic heterocycles. The maximum atomic E-state index is 2.44. The fraction of sp³-hybridized carbons (Fsp3) is 0.800. The minimum absolute atomic E-state index is 0.773. The van der Waals surface area contributed by atoms with Gasteiger partial charge >= 0.3 is 0 Å². The fourth-order valence-corrected chi connectivity index (χ4v) is 1.36. The molecule has 0 aromatic heterocycles. The molecule has 0 aromatic carbocycles. The van der Waals surface area contributed by atoms with Crippen molar-refractivity contribution in [3.63, 3.8) is 0 Å². The van der Waals surface area contributed by atoms with Gasteiger partial charge in [0.1, 0.15) is 0 Å². The number of hydrogen-bond donors (Lipinski definition) is 0. The molecule has 0 aliphatic carbocycles. The summed E-state index contributed by atoms with van der Waals surface area (Å²) in [5.74, 6) is 0.773. The van der Waals surface area contributed by atoms with Crippen molar-refractivity contribution in [2.75, 3.05) is 4.43 Å². The van der Waals surface area contributed by atoms with E-state index >= 15 is 0 Å². The summed E-state index contributed by atoms with van der Waals surface area (Å²) in [5, 5.41) is 0. The number of allylic oxidation sites excluding steroid dienone is 2. The zero-order valence-electron chi connectivity index (χ0n) is 7.65. The summed E-state index contributed by atoms with van der Waals surface area (Å²) in [6.45, 7) is 4.51. The van der Waals surface area contributed by atoms with Gasteiger partial charge in [0.2, 0.25) is 0 Å². The number of hydrogen-bond acceptors (Lipinski definition) is 0. The van der Waals surface area contributed by atoms with E-state index in [0.29, 0.717) is 0 Å². The Hall–Kier alpha value is 0.470. The van der Waals surface area contributed by atoms with Gasteiger partial charge in [-0.25, -0.2) is 0 Å². The average Bonchev–Trinajstić information content (AvgIpc) is 2.04. The maximum absolute atomic E-state index is 2.44. The van der Waals surface area contributed by atoms with Gasteiger partial charge in [-0.1, -0.05) is 55.0 Å². The molecule has 0 heterocycles. The van der Waals surface area contributed by atoms with E-state index in [1.165, 1.54) is 30.1 Å². The van der Waals surface area contributed by atoms with Crippen LogP contribution in [-0.2, 0) is 0 Å². The Morgan fingerprint density at radius 3 is 2.64 bits per heavy atom. The van der Waals surface area contributed by atoms with Crippen LogP contribution in [0.1, 0.15) is 39.5 Å². The molecule has 0 saturated carbocycles. The Morgan fingerprint density at radius 2 is 2.09 bits per heavy atom. The van der Waals surface area contributed by atoms with E-state index in [-0.39, 0.29) is 0 Å². The second kappa shape index (κ2) is 8.57. The van der Waals surface area contributed by atoms with E-state index in [2.05, 4.69) is 48.6 Å².